The Labute approximate surface area is 174 Å². The van der Waals surface area contributed by atoms with Crippen LogP contribution < -0.4 is 0 Å². The molecule has 0 atom stereocenters. The van der Waals surface area contributed by atoms with Gasteiger partial charge < -0.3 is 14.2 Å². The van der Waals surface area contributed by atoms with Crippen LogP contribution in [-0.4, -0.2) is 40.7 Å². The maximum Gasteiger partial charge on any atom is 0.253 e. The average Bonchev–Trinajstić information content (AvgIpc) is 3.10. The van der Waals surface area contributed by atoms with Crippen molar-refractivity contribution in [3.8, 4) is 0 Å². The number of carbonyl (C=O) groups is 2. The SMILES string of the molecule is Cc1ccc(CN(C(=O)C2CCN(C(=O)c3ccc(Br)cc3)CC2)C(C)C)o1. The van der Waals surface area contributed by atoms with Crippen LogP contribution in [0, 0.1) is 12.8 Å². The van der Waals surface area contributed by atoms with Crippen molar-refractivity contribution in [2.45, 2.75) is 46.2 Å². The Morgan fingerprint density at radius 3 is 2.32 bits per heavy atom. The largest absolute Gasteiger partial charge is 0.464 e. The van der Waals surface area contributed by atoms with Gasteiger partial charge in [-0.3, -0.25) is 9.59 Å². The van der Waals surface area contributed by atoms with Crippen LogP contribution in [0.3, 0.4) is 0 Å². The number of piperidine rings is 1. The van der Waals surface area contributed by atoms with Gasteiger partial charge in [-0.2, -0.15) is 0 Å². The van der Waals surface area contributed by atoms with E-state index in [1.54, 1.807) is 0 Å². The molecule has 2 heterocycles. The van der Waals surface area contributed by atoms with Crippen molar-refractivity contribution in [2.24, 2.45) is 5.92 Å². The lowest BCUT2D eigenvalue weighted by molar-refractivity contribution is -0.139. The first-order valence-corrected chi connectivity index (χ1v) is 10.5. The number of hydrogen-bond donors (Lipinski definition) is 0. The molecule has 0 N–H and O–H groups in total. The van der Waals surface area contributed by atoms with E-state index < -0.39 is 0 Å². The minimum Gasteiger partial charge on any atom is -0.464 e. The fourth-order valence-corrected chi connectivity index (χ4v) is 3.86. The third-order valence-electron chi connectivity index (χ3n) is 5.25. The lowest BCUT2D eigenvalue weighted by Gasteiger charge is -2.35. The average molecular weight is 447 g/mol. The number of likely N-dealkylation sites (tertiary alicyclic amines) is 1. The first-order chi connectivity index (χ1) is 13.3. The number of furan rings is 1. The Morgan fingerprint density at radius 2 is 1.79 bits per heavy atom. The first-order valence-electron chi connectivity index (χ1n) is 9.76. The topological polar surface area (TPSA) is 53.8 Å². The first kappa shape index (κ1) is 20.6. The van der Waals surface area contributed by atoms with Gasteiger partial charge in [0.2, 0.25) is 5.91 Å². The molecular formula is C22H27BrN2O3. The van der Waals surface area contributed by atoms with E-state index in [1.165, 1.54) is 0 Å². The minimum atomic E-state index is -0.0487. The van der Waals surface area contributed by atoms with E-state index >= 15 is 0 Å². The zero-order valence-electron chi connectivity index (χ0n) is 16.7. The maximum absolute atomic E-state index is 13.1. The van der Waals surface area contributed by atoms with Crippen LogP contribution >= 0.6 is 15.9 Å². The van der Waals surface area contributed by atoms with E-state index in [4.69, 9.17) is 4.42 Å². The molecule has 0 bridgehead atoms. The second-order valence-corrected chi connectivity index (χ2v) is 8.56. The highest BCUT2D eigenvalue weighted by molar-refractivity contribution is 9.10. The highest BCUT2D eigenvalue weighted by atomic mass is 79.9. The summed E-state index contributed by atoms with van der Waals surface area (Å²) >= 11 is 3.39. The molecule has 28 heavy (non-hydrogen) atoms. The molecular weight excluding hydrogens is 420 g/mol. The maximum atomic E-state index is 13.1. The third kappa shape index (κ3) is 4.85. The van der Waals surface area contributed by atoms with Gasteiger partial charge in [-0.1, -0.05) is 15.9 Å². The van der Waals surface area contributed by atoms with E-state index in [0.29, 0.717) is 38.0 Å². The number of halogens is 1. The standard InChI is InChI=1S/C22H27BrN2O3/c1-15(2)25(14-20-9-4-16(3)28-20)22(27)18-10-12-24(13-11-18)21(26)17-5-7-19(23)8-6-17/h4-9,15,18H,10-14H2,1-3H3. The molecule has 1 aromatic heterocycles. The number of nitrogens with zero attached hydrogens (tertiary/aromatic N) is 2. The molecule has 1 aliphatic heterocycles. The van der Waals surface area contributed by atoms with Crippen molar-refractivity contribution in [2.75, 3.05) is 13.1 Å². The molecule has 150 valence electrons. The number of benzene rings is 1. The van der Waals surface area contributed by atoms with E-state index in [-0.39, 0.29) is 23.8 Å². The summed E-state index contributed by atoms with van der Waals surface area (Å²) in [5, 5.41) is 0. The summed E-state index contributed by atoms with van der Waals surface area (Å²) in [5.74, 6) is 1.80. The fraction of sp³-hybridized carbons (Fsp3) is 0.455. The summed E-state index contributed by atoms with van der Waals surface area (Å²) in [5.41, 5.74) is 0.685. The molecule has 0 unspecified atom stereocenters. The molecule has 1 fully saturated rings. The van der Waals surface area contributed by atoms with Crippen LogP contribution in [0.25, 0.3) is 0 Å². The summed E-state index contributed by atoms with van der Waals surface area (Å²) < 4.78 is 6.61. The monoisotopic (exact) mass is 446 g/mol. The van der Waals surface area contributed by atoms with Crippen molar-refractivity contribution >= 4 is 27.7 Å². The molecule has 0 saturated carbocycles. The van der Waals surface area contributed by atoms with Gasteiger partial charge in [-0.25, -0.2) is 0 Å². The number of amides is 2. The molecule has 0 spiro atoms. The van der Waals surface area contributed by atoms with Crippen molar-refractivity contribution in [3.63, 3.8) is 0 Å². The number of carbonyl (C=O) groups excluding carboxylic acids is 2. The Hall–Kier alpha value is -2.08. The quantitative estimate of drug-likeness (QED) is 0.671. The molecule has 5 nitrogen and oxygen atoms in total. The summed E-state index contributed by atoms with van der Waals surface area (Å²) in [4.78, 5) is 29.5. The molecule has 6 heteroatoms. The predicted molar refractivity (Wildman–Crippen MR) is 112 cm³/mol. The van der Waals surface area contributed by atoms with Gasteiger partial charge in [0.1, 0.15) is 11.5 Å². The summed E-state index contributed by atoms with van der Waals surface area (Å²) in [6, 6.07) is 11.4. The van der Waals surface area contributed by atoms with Crippen LogP contribution in [0.1, 0.15) is 48.6 Å². The van der Waals surface area contributed by atoms with E-state index in [2.05, 4.69) is 15.9 Å². The van der Waals surface area contributed by atoms with Gasteiger partial charge >= 0.3 is 0 Å². The second kappa shape index (κ2) is 8.95. The van der Waals surface area contributed by atoms with Crippen LogP contribution in [0.15, 0.2) is 45.3 Å². The second-order valence-electron chi connectivity index (χ2n) is 7.65. The normalized spacial score (nSPS) is 15.1. The molecule has 2 amide bonds. The molecule has 0 radical (unpaired) electrons. The van der Waals surface area contributed by atoms with E-state index in [0.717, 1.165) is 16.0 Å². The summed E-state index contributed by atoms with van der Waals surface area (Å²) in [6.45, 7) is 7.67. The van der Waals surface area contributed by atoms with Crippen LogP contribution in [-0.2, 0) is 11.3 Å². The van der Waals surface area contributed by atoms with Crippen LogP contribution in [0.2, 0.25) is 0 Å². The Morgan fingerprint density at radius 1 is 1.14 bits per heavy atom. The molecule has 0 aliphatic carbocycles. The number of aryl methyl sites for hydroxylation is 1. The van der Waals surface area contributed by atoms with Gasteiger partial charge in [0.15, 0.2) is 0 Å². The summed E-state index contributed by atoms with van der Waals surface area (Å²) in [6.07, 6.45) is 1.39. The smallest absolute Gasteiger partial charge is 0.253 e. The lowest BCUT2D eigenvalue weighted by atomic mass is 9.94. The molecule has 1 aromatic carbocycles. The zero-order chi connectivity index (χ0) is 20.3. The molecule has 1 saturated heterocycles. The van der Waals surface area contributed by atoms with Crippen LogP contribution in [0.5, 0.6) is 0 Å². The third-order valence-corrected chi connectivity index (χ3v) is 5.78. The highest BCUT2D eigenvalue weighted by Crippen LogP contribution is 2.24. The van der Waals surface area contributed by atoms with Crippen LogP contribution in [0.4, 0.5) is 0 Å². The lowest BCUT2D eigenvalue weighted by Crippen LogP contribution is -2.46. The molecule has 1 aliphatic rings. The highest BCUT2D eigenvalue weighted by Gasteiger charge is 2.31. The molecule has 3 rings (SSSR count). The number of rotatable bonds is 5. The van der Waals surface area contributed by atoms with Gasteiger partial charge in [-0.05, 0) is 70.0 Å². The molecule has 2 aromatic rings. The van der Waals surface area contributed by atoms with Crippen molar-refractivity contribution in [1.82, 2.24) is 9.80 Å². The van der Waals surface area contributed by atoms with Gasteiger partial charge in [0.25, 0.3) is 5.91 Å². The van der Waals surface area contributed by atoms with Crippen molar-refractivity contribution < 1.29 is 14.0 Å². The number of hydrogen-bond acceptors (Lipinski definition) is 3. The Balaban J connectivity index is 1.60. The van der Waals surface area contributed by atoms with Gasteiger partial charge in [-0.15, -0.1) is 0 Å². The van der Waals surface area contributed by atoms with E-state index in [9.17, 15) is 9.59 Å². The van der Waals surface area contributed by atoms with Crippen molar-refractivity contribution in [3.05, 3.63) is 58.0 Å². The Bertz CT molecular complexity index is 821. The van der Waals surface area contributed by atoms with Gasteiger partial charge in [0.05, 0.1) is 6.54 Å². The fourth-order valence-electron chi connectivity index (χ4n) is 3.59. The summed E-state index contributed by atoms with van der Waals surface area (Å²) in [7, 11) is 0. The van der Waals surface area contributed by atoms with Crippen molar-refractivity contribution in [1.29, 1.82) is 0 Å². The predicted octanol–water partition coefficient (Wildman–Crippen LogP) is 4.64. The minimum absolute atomic E-state index is 0.0326. The Kier molecular flexibility index (Phi) is 6.60. The zero-order valence-corrected chi connectivity index (χ0v) is 18.2. The van der Waals surface area contributed by atoms with E-state index in [1.807, 2.05) is 67.0 Å². The van der Waals surface area contributed by atoms with Gasteiger partial charge in [0, 0.05) is 35.1 Å².